The Morgan fingerprint density at radius 1 is 1.11 bits per heavy atom. The van der Waals surface area contributed by atoms with E-state index in [1.165, 1.54) is 36.3 Å². The first-order chi connectivity index (χ1) is 8.74. The minimum absolute atomic E-state index is 0.703. The van der Waals surface area contributed by atoms with E-state index in [-0.39, 0.29) is 0 Å². The molecular weight excluding hydrogens is 240 g/mol. The van der Waals surface area contributed by atoms with Gasteiger partial charge >= 0.3 is 0 Å². The van der Waals surface area contributed by atoms with Gasteiger partial charge in [0.1, 0.15) is 0 Å². The Hall–Kier alpha value is -0.670. The van der Waals surface area contributed by atoms with Gasteiger partial charge in [-0.25, -0.2) is 0 Å². The fourth-order valence-corrected chi connectivity index (χ4v) is 3.19. The molecule has 0 spiro atoms. The number of nitrogens with zero attached hydrogens (tertiary/aromatic N) is 1. The third-order valence-electron chi connectivity index (χ3n) is 4.13. The van der Waals surface area contributed by atoms with Gasteiger partial charge < -0.3 is 10.2 Å². The van der Waals surface area contributed by atoms with E-state index in [2.05, 4.69) is 54.8 Å². The zero-order valence-corrected chi connectivity index (χ0v) is 12.5. The number of nitrogens with one attached hydrogen (secondary N) is 1. The average molecular weight is 264 g/mol. The van der Waals surface area contributed by atoms with Crippen molar-refractivity contribution in [2.45, 2.75) is 42.7 Å². The van der Waals surface area contributed by atoms with Crippen molar-refractivity contribution in [2.75, 3.05) is 25.3 Å². The highest BCUT2D eigenvalue weighted by Crippen LogP contribution is 2.27. The smallest absolute Gasteiger partial charge is 0.0366 e. The Balaban J connectivity index is 1.96. The molecule has 0 amide bonds. The second-order valence-corrected chi connectivity index (χ2v) is 5.98. The predicted octanol–water partition coefficient (Wildman–Crippen LogP) is 3.38. The monoisotopic (exact) mass is 264 g/mol. The summed E-state index contributed by atoms with van der Waals surface area (Å²) in [5.41, 5.74) is 1.35. The van der Waals surface area contributed by atoms with Gasteiger partial charge in [0.2, 0.25) is 0 Å². The van der Waals surface area contributed by atoms with Gasteiger partial charge in [0.25, 0.3) is 0 Å². The predicted molar refractivity (Wildman–Crippen MR) is 81.7 cm³/mol. The van der Waals surface area contributed by atoms with Gasteiger partial charge in [-0.1, -0.05) is 0 Å². The summed E-state index contributed by atoms with van der Waals surface area (Å²) in [6, 6.07) is 10.4. The van der Waals surface area contributed by atoms with Crippen molar-refractivity contribution in [2.24, 2.45) is 0 Å². The lowest BCUT2D eigenvalue weighted by Crippen LogP contribution is -2.39. The van der Waals surface area contributed by atoms with E-state index < -0.39 is 0 Å². The highest BCUT2D eigenvalue weighted by atomic mass is 32.2. The summed E-state index contributed by atoms with van der Waals surface area (Å²) in [6.07, 6.45) is 7.32. The topological polar surface area (TPSA) is 15.3 Å². The van der Waals surface area contributed by atoms with E-state index in [0.717, 1.165) is 6.04 Å². The van der Waals surface area contributed by atoms with E-state index in [9.17, 15) is 0 Å². The van der Waals surface area contributed by atoms with Crippen LogP contribution in [0.2, 0.25) is 0 Å². The average Bonchev–Trinajstić information content (AvgIpc) is 2.47. The first kappa shape index (κ1) is 13.8. The lowest BCUT2D eigenvalue weighted by atomic mass is 9.90. The van der Waals surface area contributed by atoms with Crippen LogP contribution in [0.1, 0.15) is 25.7 Å². The van der Waals surface area contributed by atoms with E-state index >= 15 is 0 Å². The molecule has 0 aromatic heterocycles. The molecule has 18 heavy (non-hydrogen) atoms. The van der Waals surface area contributed by atoms with Crippen molar-refractivity contribution in [3.63, 3.8) is 0 Å². The van der Waals surface area contributed by atoms with Crippen molar-refractivity contribution < 1.29 is 0 Å². The highest BCUT2D eigenvalue weighted by Gasteiger charge is 2.23. The molecule has 0 saturated heterocycles. The van der Waals surface area contributed by atoms with Gasteiger partial charge in [0, 0.05) is 29.7 Å². The van der Waals surface area contributed by atoms with Gasteiger partial charge in [0.15, 0.2) is 0 Å². The molecule has 100 valence electrons. The maximum absolute atomic E-state index is 3.40. The standard InChI is InChI=1S/C15H24N2S/c1-16-12-4-6-13(7-5-12)17(2)14-8-10-15(18-3)11-9-14/h8-13,16H,4-7H2,1-3H3. The van der Waals surface area contributed by atoms with Crippen molar-refractivity contribution in [1.29, 1.82) is 0 Å². The molecule has 1 aliphatic carbocycles. The minimum atomic E-state index is 0.703. The van der Waals surface area contributed by atoms with Crippen LogP contribution in [0, 0.1) is 0 Å². The maximum atomic E-state index is 3.40. The molecule has 0 unspecified atom stereocenters. The van der Waals surface area contributed by atoms with Crippen LogP contribution in [0.25, 0.3) is 0 Å². The van der Waals surface area contributed by atoms with Crippen molar-refractivity contribution in [3.8, 4) is 0 Å². The summed E-state index contributed by atoms with van der Waals surface area (Å²) in [4.78, 5) is 3.79. The Morgan fingerprint density at radius 3 is 2.22 bits per heavy atom. The lowest BCUT2D eigenvalue weighted by molar-refractivity contribution is 0.351. The molecule has 1 aromatic carbocycles. The van der Waals surface area contributed by atoms with Crippen LogP contribution < -0.4 is 10.2 Å². The van der Waals surface area contributed by atoms with Gasteiger partial charge in [-0.05, 0) is 63.3 Å². The number of rotatable bonds is 4. The van der Waals surface area contributed by atoms with Crippen molar-refractivity contribution in [3.05, 3.63) is 24.3 Å². The fraction of sp³-hybridized carbons (Fsp3) is 0.600. The molecule has 1 saturated carbocycles. The first-order valence-electron chi connectivity index (χ1n) is 6.78. The Kier molecular flexibility index (Phi) is 4.95. The molecule has 1 aliphatic rings. The maximum Gasteiger partial charge on any atom is 0.0366 e. The zero-order chi connectivity index (χ0) is 13.0. The van der Waals surface area contributed by atoms with Crippen LogP contribution >= 0.6 is 11.8 Å². The quantitative estimate of drug-likeness (QED) is 0.839. The Labute approximate surface area is 115 Å². The number of thioether (sulfide) groups is 1. The molecule has 0 bridgehead atoms. The molecule has 3 heteroatoms. The molecule has 1 fully saturated rings. The summed E-state index contributed by atoms with van der Waals surface area (Å²) in [5, 5.41) is 3.40. The SMILES string of the molecule is CNC1CCC(N(C)c2ccc(SC)cc2)CC1. The second-order valence-electron chi connectivity index (χ2n) is 5.10. The normalized spacial score (nSPS) is 23.9. The van der Waals surface area contributed by atoms with Crippen LogP contribution in [0.4, 0.5) is 5.69 Å². The summed E-state index contributed by atoms with van der Waals surface area (Å²) >= 11 is 1.80. The third kappa shape index (κ3) is 3.21. The third-order valence-corrected chi connectivity index (χ3v) is 4.88. The molecule has 2 nitrogen and oxygen atoms in total. The Morgan fingerprint density at radius 2 is 1.72 bits per heavy atom. The lowest BCUT2D eigenvalue weighted by Gasteiger charge is -2.36. The fourth-order valence-electron chi connectivity index (χ4n) is 2.78. The van der Waals surface area contributed by atoms with Gasteiger partial charge in [0.05, 0.1) is 0 Å². The number of anilines is 1. The molecule has 1 aromatic rings. The molecular formula is C15H24N2S. The first-order valence-corrected chi connectivity index (χ1v) is 8.01. The van der Waals surface area contributed by atoms with E-state index in [0.29, 0.717) is 6.04 Å². The van der Waals surface area contributed by atoms with Crippen LogP contribution in [0.3, 0.4) is 0 Å². The number of benzene rings is 1. The van der Waals surface area contributed by atoms with E-state index in [1.54, 1.807) is 11.8 Å². The minimum Gasteiger partial charge on any atom is -0.372 e. The van der Waals surface area contributed by atoms with Gasteiger partial charge in [-0.2, -0.15) is 0 Å². The van der Waals surface area contributed by atoms with Crippen molar-refractivity contribution in [1.82, 2.24) is 5.32 Å². The zero-order valence-electron chi connectivity index (χ0n) is 11.6. The van der Waals surface area contributed by atoms with Crippen molar-refractivity contribution >= 4 is 17.4 Å². The van der Waals surface area contributed by atoms with Gasteiger partial charge in [-0.3, -0.25) is 0 Å². The van der Waals surface area contributed by atoms with E-state index in [1.807, 2.05) is 0 Å². The van der Waals surface area contributed by atoms with Crippen LogP contribution in [-0.4, -0.2) is 32.4 Å². The largest absolute Gasteiger partial charge is 0.372 e. The second kappa shape index (κ2) is 6.48. The molecule has 0 atom stereocenters. The number of hydrogen-bond acceptors (Lipinski definition) is 3. The number of hydrogen-bond donors (Lipinski definition) is 1. The molecule has 2 rings (SSSR count). The van der Waals surface area contributed by atoms with Crippen LogP contribution in [-0.2, 0) is 0 Å². The molecule has 0 radical (unpaired) electrons. The van der Waals surface area contributed by atoms with Crippen LogP contribution in [0.5, 0.6) is 0 Å². The Bertz CT molecular complexity index is 355. The highest BCUT2D eigenvalue weighted by molar-refractivity contribution is 7.98. The van der Waals surface area contributed by atoms with E-state index in [4.69, 9.17) is 0 Å². The summed E-state index contributed by atoms with van der Waals surface area (Å²) in [6.45, 7) is 0. The molecule has 1 N–H and O–H groups in total. The summed E-state index contributed by atoms with van der Waals surface area (Å²) in [7, 11) is 4.31. The molecule has 0 aliphatic heterocycles. The summed E-state index contributed by atoms with van der Waals surface area (Å²) in [5.74, 6) is 0. The molecule has 0 heterocycles. The van der Waals surface area contributed by atoms with Crippen LogP contribution in [0.15, 0.2) is 29.2 Å². The van der Waals surface area contributed by atoms with Gasteiger partial charge in [-0.15, -0.1) is 11.8 Å². The summed E-state index contributed by atoms with van der Waals surface area (Å²) < 4.78 is 0.